The molecule has 1 unspecified atom stereocenters. The van der Waals surface area contributed by atoms with Gasteiger partial charge in [-0.15, -0.1) is 11.3 Å². The second-order valence-corrected chi connectivity index (χ2v) is 12.4. The topological polar surface area (TPSA) is 129 Å². The molecule has 2 heterocycles. The molecule has 1 atom stereocenters. The lowest BCUT2D eigenvalue weighted by Gasteiger charge is -2.11. The molecule has 0 saturated heterocycles. The van der Waals surface area contributed by atoms with Gasteiger partial charge in [-0.3, -0.25) is 19.0 Å². The molecule has 0 saturated carbocycles. The standard InChI is InChI=1S/C26H27ClN4O6S2/c1-16(26(33)37-3)12-22(32)28-14-17-6-4-7-18(13-17)15-31-19-8-5-9-20(36-2)24(19)25(29-31)30-39(34,35)23-11-10-21(27)38-23/h4-11,13,16H,12,14-15H2,1-3H3,(H,28,32)(H,29,30). The van der Waals surface area contributed by atoms with E-state index in [1.165, 1.54) is 26.4 Å². The summed E-state index contributed by atoms with van der Waals surface area (Å²) in [5, 5.41) is 7.92. The highest BCUT2D eigenvalue weighted by Crippen LogP contribution is 2.35. The summed E-state index contributed by atoms with van der Waals surface area (Å²) >= 11 is 6.89. The number of thiophene rings is 1. The number of benzene rings is 2. The van der Waals surface area contributed by atoms with Gasteiger partial charge in [0, 0.05) is 13.0 Å². The molecule has 0 aliphatic carbocycles. The highest BCUT2D eigenvalue weighted by molar-refractivity contribution is 7.94. The Hall–Kier alpha value is -3.61. The van der Waals surface area contributed by atoms with Gasteiger partial charge in [0.05, 0.1) is 41.9 Å². The van der Waals surface area contributed by atoms with E-state index >= 15 is 0 Å². The number of aromatic nitrogens is 2. The Bertz CT molecular complexity index is 1620. The van der Waals surface area contributed by atoms with Crippen LogP contribution in [-0.4, -0.2) is 44.3 Å². The van der Waals surface area contributed by atoms with Gasteiger partial charge in [-0.05, 0) is 35.4 Å². The van der Waals surface area contributed by atoms with Gasteiger partial charge in [0.2, 0.25) is 5.91 Å². The minimum atomic E-state index is -3.92. The van der Waals surface area contributed by atoms with Gasteiger partial charge in [-0.1, -0.05) is 48.9 Å². The maximum absolute atomic E-state index is 13.0. The number of nitrogens with zero attached hydrogens (tertiary/aromatic N) is 2. The molecule has 0 aliphatic rings. The number of hydrogen-bond donors (Lipinski definition) is 2. The Morgan fingerprint density at radius 2 is 1.85 bits per heavy atom. The largest absolute Gasteiger partial charge is 0.496 e. The molecular weight excluding hydrogens is 564 g/mol. The monoisotopic (exact) mass is 590 g/mol. The minimum Gasteiger partial charge on any atom is -0.496 e. The maximum atomic E-state index is 13.0. The molecule has 10 nitrogen and oxygen atoms in total. The molecule has 13 heteroatoms. The molecule has 2 aromatic carbocycles. The van der Waals surface area contributed by atoms with Crippen LogP contribution in [0.15, 0.2) is 58.8 Å². The van der Waals surface area contributed by atoms with Crippen molar-refractivity contribution in [2.45, 2.75) is 30.6 Å². The number of carbonyl (C=O) groups is 2. The van der Waals surface area contributed by atoms with Crippen LogP contribution in [0.5, 0.6) is 5.75 Å². The molecule has 4 aromatic rings. The van der Waals surface area contributed by atoms with Crippen LogP contribution in [0.1, 0.15) is 24.5 Å². The van der Waals surface area contributed by atoms with Gasteiger partial charge < -0.3 is 14.8 Å². The zero-order valence-electron chi connectivity index (χ0n) is 21.4. The maximum Gasteiger partial charge on any atom is 0.308 e. The average molecular weight is 591 g/mol. The van der Waals surface area contributed by atoms with Gasteiger partial charge in [-0.25, -0.2) is 8.42 Å². The molecule has 0 aliphatic heterocycles. The molecule has 206 valence electrons. The number of hydrogen-bond acceptors (Lipinski definition) is 8. The van der Waals surface area contributed by atoms with E-state index in [0.717, 1.165) is 22.5 Å². The summed E-state index contributed by atoms with van der Waals surface area (Å²) in [6.45, 7) is 2.25. The van der Waals surface area contributed by atoms with Crippen LogP contribution in [0.4, 0.5) is 5.82 Å². The zero-order valence-corrected chi connectivity index (χ0v) is 23.8. The normalized spacial score (nSPS) is 12.2. The molecule has 39 heavy (non-hydrogen) atoms. The summed E-state index contributed by atoms with van der Waals surface area (Å²) in [6.07, 6.45) is 0.0316. The van der Waals surface area contributed by atoms with Crippen molar-refractivity contribution in [3.63, 3.8) is 0 Å². The Kier molecular flexibility index (Phi) is 8.78. The van der Waals surface area contributed by atoms with E-state index in [2.05, 4.69) is 19.9 Å². The number of anilines is 1. The number of sulfonamides is 1. The third-order valence-corrected chi connectivity index (χ3v) is 8.97. The highest BCUT2D eigenvalue weighted by Gasteiger charge is 2.23. The first kappa shape index (κ1) is 28.4. The third-order valence-electron chi connectivity index (χ3n) is 5.91. The third kappa shape index (κ3) is 6.70. The predicted molar refractivity (Wildman–Crippen MR) is 150 cm³/mol. The van der Waals surface area contributed by atoms with Crippen molar-refractivity contribution in [1.29, 1.82) is 0 Å². The average Bonchev–Trinajstić information content (AvgIpc) is 3.51. The molecule has 0 fully saturated rings. The van der Waals surface area contributed by atoms with Crippen molar-refractivity contribution in [3.05, 3.63) is 70.1 Å². The molecule has 1 amide bonds. The van der Waals surface area contributed by atoms with E-state index in [4.69, 9.17) is 16.3 Å². The lowest BCUT2D eigenvalue weighted by molar-refractivity contribution is -0.146. The Balaban J connectivity index is 1.56. The van der Waals surface area contributed by atoms with Crippen LogP contribution < -0.4 is 14.8 Å². The van der Waals surface area contributed by atoms with E-state index in [1.54, 1.807) is 23.7 Å². The van der Waals surface area contributed by atoms with Crippen molar-refractivity contribution in [2.75, 3.05) is 18.9 Å². The number of rotatable bonds is 11. The number of ether oxygens (including phenoxy) is 2. The zero-order chi connectivity index (χ0) is 28.2. The van der Waals surface area contributed by atoms with Gasteiger partial charge in [0.1, 0.15) is 9.96 Å². The van der Waals surface area contributed by atoms with E-state index < -0.39 is 21.9 Å². The fourth-order valence-corrected chi connectivity index (χ4v) is 6.52. The van der Waals surface area contributed by atoms with Crippen LogP contribution in [0.2, 0.25) is 4.34 Å². The van der Waals surface area contributed by atoms with Crippen LogP contribution >= 0.6 is 22.9 Å². The van der Waals surface area contributed by atoms with Crippen molar-refractivity contribution >= 4 is 61.6 Å². The van der Waals surface area contributed by atoms with Crippen molar-refractivity contribution in [1.82, 2.24) is 15.1 Å². The smallest absolute Gasteiger partial charge is 0.308 e. The molecule has 2 N–H and O–H groups in total. The summed E-state index contributed by atoms with van der Waals surface area (Å²) in [5.74, 6) is -0.619. The van der Waals surface area contributed by atoms with Crippen LogP contribution in [-0.2, 0) is 37.4 Å². The number of esters is 1. The van der Waals surface area contributed by atoms with E-state index in [-0.39, 0.29) is 28.9 Å². The number of halogens is 1. The summed E-state index contributed by atoms with van der Waals surface area (Å²) in [7, 11) is -1.13. The SMILES string of the molecule is COC(=O)C(C)CC(=O)NCc1cccc(Cn2nc(NS(=O)(=O)c3ccc(Cl)s3)c3c(OC)cccc32)c1. The summed E-state index contributed by atoms with van der Waals surface area (Å²) < 4.78 is 40.9. The first-order chi connectivity index (χ1) is 18.6. The molecule has 0 radical (unpaired) electrons. The van der Waals surface area contributed by atoms with E-state index in [9.17, 15) is 18.0 Å². The minimum absolute atomic E-state index is 0.0316. The van der Waals surface area contributed by atoms with Gasteiger partial charge in [-0.2, -0.15) is 5.10 Å². The Morgan fingerprint density at radius 3 is 2.54 bits per heavy atom. The quantitative estimate of drug-likeness (QED) is 0.247. The van der Waals surface area contributed by atoms with Crippen molar-refractivity contribution in [3.8, 4) is 5.75 Å². The lowest BCUT2D eigenvalue weighted by Crippen LogP contribution is -2.27. The number of carbonyl (C=O) groups excluding carboxylic acids is 2. The second kappa shape index (κ2) is 12.1. The number of methoxy groups -OCH3 is 2. The number of fused-ring (bicyclic) bond motifs is 1. The summed E-state index contributed by atoms with van der Waals surface area (Å²) in [5.41, 5.74) is 2.42. The van der Waals surface area contributed by atoms with Crippen molar-refractivity contribution < 1.29 is 27.5 Å². The second-order valence-electron chi connectivity index (χ2n) is 8.75. The summed E-state index contributed by atoms with van der Waals surface area (Å²) in [4.78, 5) is 23.8. The Labute approximate surface area is 234 Å². The fraction of sp³-hybridized carbons (Fsp3) is 0.269. The van der Waals surface area contributed by atoms with Gasteiger partial charge in [0.15, 0.2) is 5.82 Å². The molecular formula is C26H27ClN4O6S2. The number of amides is 1. The lowest BCUT2D eigenvalue weighted by atomic mass is 10.1. The predicted octanol–water partition coefficient (Wildman–Crippen LogP) is 4.42. The van der Waals surface area contributed by atoms with Crippen LogP contribution in [0.25, 0.3) is 10.9 Å². The number of nitrogens with one attached hydrogen (secondary N) is 2. The van der Waals surface area contributed by atoms with Gasteiger partial charge >= 0.3 is 5.97 Å². The highest BCUT2D eigenvalue weighted by atomic mass is 35.5. The van der Waals surface area contributed by atoms with Gasteiger partial charge in [0.25, 0.3) is 10.0 Å². The van der Waals surface area contributed by atoms with E-state index in [0.29, 0.717) is 27.5 Å². The fourth-order valence-electron chi connectivity index (χ4n) is 4.03. The molecule has 0 bridgehead atoms. The summed E-state index contributed by atoms with van der Waals surface area (Å²) in [6, 6.07) is 15.9. The van der Waals surface area contributed by atoms with E-state index in [1.807, 2.05) is 30.3 Å². The van der Waals surface area contributed by atoms with Crippen LogP contribution in [0, 0.1) is 5.92 Å². The Morgan fingerprint density at radius 1 is 1.10 bits per heavy atom. The molecule has 0 spiro atoms. The molecule has 4 rings (SSSR count). The first-order valence-corrected chi connectivity index (χ1v) is 14.5. The first-order valence-electron chi connectivity index (χ1n) is 11.8. The van der Waals surface area contributed by atoms with Crippen LogP contribution in [0.3, 0.4) is 0 Å². The van der Waals surface area contributed by atoms with Crippen molar-refractivity contribution in [2.24, 2.45) is 5.92 Å². The molecule has 2 aromatic heterocycles.